The topological polar surface area (TPSA) is 54.9 Å². The maximum Gasteiger partial charge on any atom is 0.248 e. The number of hydrogen-bond donors (Lipinski definition) is 0. The Hall–Kier alpha value is -1.50. The molecule has 0 aliphatic carbocycles. The van der Waals surface area contributed by atoms with Crippen LogP contribution >= 0.6 is 0 Å². The highest BCUT2D eigenvalue weighted by atomic mass is 16.5. The Morgan fingerprint density at radius 1 is 1.42 bits per heavy atom. The van der Waals surface area contributed by atoms with E-state index in [1.807, 2.05) is 24.1 Å². The van der Waals surface area contributed by atoms with Crippen LogP contribution in [-0.2, 0) is 20.8 Å². The number of carbonyl (C=O) groups excluding carboxylic acids is 1. The van der Waals surface area contributed by atoms with Crippen molar-refractivity contribution in [2.24, 2.45) is 5.92 Å². The molecule has 1 aromatic rings. The number of likely N-dealkylation sites (tertiary alicyclic amines) is 2. The Labute approximate surface area is 143 Å². The summed E-state index contributed by atoms with van der Waals surface area (Å²) in [6.07, 6.45) is 4.83. The molecule has 6 heteroatoms. The molecule has 0 unspecified atom stereocenters. The lowest BCUT2D eigenvalue weighted by atomic mass is 9.89. The third kappa shape index (κ3) is 3.77. The largest absolute Gasteiger partial charge is 0.381 e. The van der Waals surface area contributed by atoms with E-state index >= 15 is 0 Å². The number of rotatable bonds is 6. The van der Waals surface area contributed by atoms with Gasteiger partial charge in [-0.1, -0.05) is 6.07 Å². The molecule has 3 rings (SSSR count). The first-order chi connectivity index (χ1) is 11.7. The van der Waals surface area contributed by atoms with Crippen LogP contribution in [0.3, 0.4) is 0 Å². The van der Waals surface area contributed by atoms with Crippen LogP contribution in [0.15, 0.2) is 24.5 Å². The molecule has 24 heavy (non-hydrogen) atoms. The average Bonchev–Trinajstić information content (AvgIpc) is 3.03. The van der Waals surface area contributed by atoms with Crippen LogP contribution in [-0.4, -0.2) is 72.8 Å². The van der Waals surface area contributed by atoms with Crippen molar-refractivity contribution < 1.29 is 14.3 Å². The lowest BCUT2D eigenvalue weighted by molar-refractivity contribution is -0.143. The number of nitrogens with zero attached hydrogens (tertiary/aromatic N) is 3. The minimum absolute atomic E-state index is 0.102. The number of methoxy groups -OCH3 is 1. The molecule has 0 radical (unpaired) electrons. The molecule has 0 spiro atoms. The van der Waals surface area contributed by atoms with Gasteiger partial charge in [0.25, 0.3) is 0 Å². The van der Waals surface area contributed by atoms with E-state index in [1.165, 1.54) is 5.56 Å². The van der Waals surface area contributed by atoms with Crippen molar-refractivity contribution in [3.8, 4) is 0 Å². The normalized spacial score (nSPS) is 27.2. The fourth-order valence-electron chi connectivity index (χ4n) is 3.99. The molecular weight excluding hydrogens is 306 g/mol. The Balaban J connectivity index is 1.68. The Morgan fingerprint density at radius 2 is 2.29 bits per heavy atom. The van der Waals surface area contributed by atoms with E-state index in [1.54, 1.807) is 13.3 Å². The second-order valence-electron chi connectivity index (χ2n) is 6.57. The summed E-state index contributed by atoms with van der Waals surface area (Å²) in [7, 11) is 1.78. The fraction of sp³-hybridized carbons (Fsp3) is 0.667. The Bertz CT molecular complexity index is 540. The van der Waals surface area contributed by atoms with Crippen LogP contribution in [0.25, 0.3) is 0 Å². The fourth-order valence-corrected chi connectivity index (χ4v) is 3.99. The molecule has 2 aliphatic rings. The standard InChI is InChI=1S/C18H27N3O3/c1-3-24-13-18(22)21-8-6-17(23-2)15-11-20(12-16(15)21)10-14-5-4-7-19-9-14/h4-5,7,9,15-17H,3,6,8,10-13H2,1-2H3/t15-,16+,17-/m1/s1. The highest BCUT2D eigenvalue weighted by molar-refractivity contribution is 5.78. The molecule has 0 N–H and O–H groups in total. The summed E-state index contributed by atoms with van der Waals surface area (Å²) in [5.74, 6) is 0.468. The third-order valence-electron chi connectivity index (χ3n) is 5.12. The van der Waals surface area contributed by atoms with Gasteiger partial charge in [-0.05, 0) is 25.0 Å². The molecule has 3 atom stereocenters. The number of carbonyl (C=O) groups is 1. The van der Waals surface area contributed by atoms with E-state index in [4.69, 9.17) is 9.47 Å². The van der Waals surface area contributed by atoms with Crippen molar-refractivity contribution in [1.82, 2.24) is 14.8 Å². The van der Waals surface area contributed by atoms with Crippen molar-refractivity contribution >= 4 is 5.91 Å². The Morgan fingerprint density at radius 3 is 3.00 bits per heavy atom. The molecule has 2 fully saturated rings. The maximum atomic E-state index is 12.5. The van der Waals surface area contributed by atoms with E-state index in [9.17, 15) is 4.79 Å². The number of piperidine rings is 1. The molecule has 0 bridgehead atoms. The van der Waals surface area contributed by atoms with Gasteiger partial charge in [-0.25, -0.2) is 0 Å². The molecule has 0 aromatic carbocycles. The Kier molecular flexibility index (Phi) is 5.81. The quantitative estimate of drug-likeness (QED) is 0.782. The molecule has 1 aromatic heterocycles. The number of fused-ring (bicyclic) bond motifs is 1. The summed E-state index contributed by atoms with van der Waals surface area (Å²) >= 11 is 0. The molecule has 6 nitrogen and oxygen atoms in total. The lowest BCUT2D eigenvalue weighted by Gasteiger charge is -2.41. The number of hydrogen-bond acceptors (Lipinski definition) is 5. The van der Waals surface area contributed by atoms with Gasteiger partial charge in [0.2, 0.25) is 5.91 Å². The van der Waals surface area contributed by atoms with Crippen LogP contribution in [0.4, 0.5) is 0 Å². The maximum absolute atomic E-state index is 12.5. The monoisotopic (exact) mass is 333 g/mol. The lowest BCUT2D eigenvalue weighted by Crippen LogP contribution is -2.54. The first-order valence-corrected chi connectivity index (χ1v) is 8.74. The third-order valence-corrected chi connectivity index (χ3v) is 5.12. The second kappa shape index (κ2) is 8.05. The number of pyridine rings is 1. The molecule has 2 saturated heterocycles. The van der Waals surface area contributed by atoms with Crippen LogP contribution in [0, 0.1) is 5.92 Å². The molecule has 2 aliphatic heterocycles. The average molecular weight is 333 g/mol. The number of amides is 1. The van der Waals surface area contributed by atoms with E-state index in [-0.39, 0.29) is 24.7 Å². The minimum atomic E-state index is 0.102. The van der Waals surface area contributed by atoms with Crippen molar-refractivity contribution in [2.45, 2.75) is 32.0 Å². The van der Waals surface area contributed by atoms with Gasteiger partial charge < -0.3 is 14.4 Å². The van der Waals surface area contributed by atoms with Crippen LogP contribution in [0.5, 0.6) is 0 Å². The minimum Gasteiger partial charge on any atom is -0.381 e. The van der Waals surface area contributed by atoms with Gasteiger partial charge in [0.05, 0.1) is 12.1 Å². The van der Waals surface area contributed by atoms with Crippen LogP contribution in [0.1, 0.15) is 18.9 Å². The highest BCUT2D eigenvalue weighted by Crippen LogP contribution is 2.33. The number of aromatic nitrogens is 1. The van der Waals surface area contributed by atoms with Gasteiger partial charge in [0.15, 0.2) is 0 Å². The van der Waals surface area contributed by atoms with Gasteiger partial charge >= 0.3 is 0 Å². The van der Waals surface area contributed by atoms with Crippen LogP contribution in [0.2, 0.25) is 0 Å². The summed E-state index contributed by atoms with van der Waals surface area (Å²) in [6, 6.07) is 4.28. The van der Waals surface area contributed by atoms with Crippen molar-refractivity contribution in [1.29, 1.82) is 0 Å². The van der Waals surface area contributed by atoms with Gasteiger partial charge in [-0.15, -0.1) is 0 Å². The molecule has 0 saturated carbocycles. The summed E-state index contributed by atoms with van der Waals surface area (Å²) < 4.78 is 11.0. The predicted octanol–water partition coefficient (Wildman–Crippen LogP) is 1.17. The first kappa shape index (κ1) is 17.3. The smallest absolute Gasteiger partial charge is 0.248 e. The van der Waals surface area contributed by atoms with E-state index in [0.717, 1.165) is 32.6 Å². The van der Waals surface area contributed by atoms with Crippen LogP contribution < -0.4 is 0 Å². The summed E-state index contributed by atoms with van der Waals surface area (Å²) in [6.45, 7) is 6.13. The van der Waals surface area contributed by atoms with E-state index < -0.39 is 0 Å². The van der Waals surface area contributed by atoms with E-state index in [0.29, 0.717) is 12.5 Å². The molecule has 3 heterocycles. The van der Waals surface area contributed by atoms with Gasteiger partial charge in [0.1, 0.15) is 6.61 Å². The first-order valence-electron chi connectivity index (χ1n) is 8.74. The van der Waals surface area contributed by atoms with Crippen molar-refractivity contribution in [3.63, 3.8) is 0 Å². The molecular formula is C18H27N3O3. The number of ether oxygens (including phenoxy) is 2. The zero-order valence-electron chi connectivity index (χ0n) is 14.6. The van der Waals surface area contributed by atoms with E-state index in [2.05, 4.69) is 16.0 Å². The van der Waals surface area contributed by atoms with Gasteiger partial charge in [0, 0.05) is 58.2 Å². The van der Waals surface area contributed by atoms with Gasteiger partial charge in [-0.2, -0.15) is 0 Å². The second-order valence-corrected chi connectivity index (χ2v) is 6.57. The summed E-state index contributed by atoms with van der Waals surface area (Å²) in [5.41, 5.74) is 1.21. The zero-order chi connectivity index (χ0) is 16.9. The van der Waals surface area contributed by atoms with Crippen molar-refractivity contribution in [3.05, 3.63) is 30.1 Å². The van der Waals surface area contributed by atoms with Gasteiger partial charge in [-0.3, -0.25) is 14.7 Å². The molecule has 132 valence electrons. The zero-order valence-corrected chi connectivity index (χ0v) is 14.6. The summed E-state index contributed by atoms with van der Waals surface area (Å²) in [5, 5.41) is 0. The van der Waals surface area contributed by atoms with Crippen molar-refractivity contribution in [2.75, 3.05) is 40.0 Å². The summed E-state index contributed by atoms with van der Waals surface area (Å²) in [4.78, 5) is 21.1. The molecule has 1 amide bonds. The predicted molar refractivity (Wildman–Crippen MR) is 90.4 cm³/mol. The highest BCUT2D eigenvalue weighted by Gasteiger charge is 2.45. The SMILES string of the molecule is CCOCC(=O)N1CC[C@@H](OC)[C@@H]2CN(Cc3cccnc3)C[C@@H]21.